The van der Waals surface area contributed by atoms with Crippen LogP contribution in [0.4, 0.5) is 0 Å². The van der Waals surface area contributed by atoms with Gasteiger partial charge in [0.2, 0.25) is 5.91 Å². The van der Waals surface area contributed by atoms with Gasteiger partial charge in [0.15, 0.2) is 0 Å². The molecule has 1 rings (SSSR count). The second-order valence-corrected chi connectivity index (χ2v) is 5.58. The lowest BCUT2D eigenvalue weighted by Gasteiger charge is -2.17. The Bertz CT molecular complexity index is 312. The van der Waals surface area contributed by atoms with Gasteiger partial charge in [0.25, 0.3) is 0 Å². The lowest BCUT2D eigenvalue weighted by atomic mass is 10.1. The number of aliphatic carboxylic acids is 1. The molecule has 4 nitrogen and oxygen atoms in total. The highest BCUT2D eigenvalue weighted by molar-refractivity contribution is 5.91. The first kappa shape index (κ1) is 14.0. The van der Waals surface area contributed by atoms with Crippen molar-refractivity contribution in [3.05, 3.63) is 0 Å². The minimum Gasteiger partial charge on any atom is -0.481 e. The summed E-state index contributed by atoms with van der Waals surface area (Å²) in [5, 5.41) is 9.03. The number of carboxylic acids is 1. The molecule has 0 aromatic rings. The van der Waals surface area contributed by atoms with Gasteiger partial charge in [-0.15, -0.1) is 0 Å². The number of hydrogen-bond acceptors (Lipinski definition) is 2. The molecule has 0 bridgehead atoms. The van der Waals surface area contributed by atoms with E-state index in [2.05, 4.69) is 6.92 Å². The molecule has 17 heavy (non-hydrogen) atoms. The summed E-state index contributed by atoms with van der Waals surface area (Å²) in [7, 11) is 1.77. The van der Waals surface area contributed by atoms with Crippen molar-refractivity contribution >= 4 is 11.9 Å². The van der Waals surface area contributed by atoms with Crippen molar-refractivity contribution in [3.8, 4) is 0 Å². The van der Waals surface area contributed by atoms with E-state index in [0.29, 0.717) is 0 Å². The van der Waals surface area contributed by atoms with E-state index >= 15 is 0 Å². The molecule has 1 fully saturated rings. The zero-order chi connectivity index (χ0) is 13.2. The lowest BCUT2D eigenvalue weighted by Crippen LogP contribution is -2.31. The summed E-state index contributed by atoms with van der Waals surface area (Å²) in [4.78, 5) is 24.8. The van der Waals surface area contributed by atoms with Crippen LogP contribution in [0.25, 0.3) is 0 Å². The summed E-state index contributed by atoms with van der Waals surface area (Å²) in [5.41, 5.74) is -0.387. The first-order valence-electron chi connectivity index (χ1n) is 6.31. The minimum atomic E-state index is -0.852. The molecule has 0 aromatic carbocycles. The van der Waals surface area contributed by atoms with E-state index < -0.39 is 11.9 Å². The summed E-state index contributed by atoms with van der Waals surface area (Å²) in [5.74, 6) is -1.72. The van der Waals surface area contributed by atoms with Crippen LogP contribution in [0.3, 0.4) is 0 Å². The monoisotopic (exact) mass is 241 g/mol. The van der Waals surface area contributed by atoms with E-state index in [4.69, 9.17) is 5.11 Å². The highest BCUT2D eigenvalue weighted by Gasteiger charge is 2.66. The molecule has 0 aromatic heterocycles. The van der Waals surface area contributed by atoms with E-state index in [0.717, 1.165) is 25.8 Å². The highest BCUT2D eigenvalue weighted by atomic mass is 16.4. The van der Waals surface area contributed by atoms with Crippen LogP contribution in [0.5, 0.6) is 0 Å². The van der Waals surface area contributed by atoms with E-state index in [1.165, 1.54) is 0 Å². The molecular formula is C13H23NO3. The average molecular weight is 241 g/mol. The maximum Gasteiger partial charge on any atom is 0.307 e. The number of carboxylic acid groups (broad SMARTS) is 1. The number of rotatable bonds is 6. The molecule has 0 radical (unpaired) electrons. The van der Waals surface area contributed by atoms with Gasteiger partial charge < -0.3 is 10.0 Å². The first-order chi connectivity index (χ1) is 7.84. The summed E-state index contributed by atoms with van der Waals surface area (Å²) < 4.78 is 0. The first-order valence-corrected chi connectivity index (χ1v) is 6.31. The molecule has 2 unspecified atom stereocenters. The van der Waals surface area contributed by atoms with E-state index in [-0.39, 0.29) is 17.2 Å². The summed E-state index contributed by atoms with van der Waals surface area (Å²) in [6.07, 6.45) is 3.21. The molecule has 2 atom stereocenters. The van der Waals surface area contributed by atoms with Crippen molar-refractivity contribution in [2.75, 3.05) is 13.6 Å². The van der Waals surface area contributed by atoms with E-state index in [9.17, 15) is 9.59 Å². The third kappa shape index (κ3) is 2.79. The number of carbonyl (C=O) groups excluding carboxylic acids is 1. The smallest absolute Gasteiger partial charge is 0.307 e. The Labute approximate surface area is 103 Å². The van der Waals surface area contributed by atoms with Gasteiger partial charge in [0.05, 0.1) is 11.8 Å². The molecule has 0 spiro atoms. The molecule has 1 N–H and O–H groups in total. The van der Waals surface area contributed by atoms with Gasteiger partial charge in [-0.2, -0.15) is 0 Å². The second-order valence-electron chi connectivity index (χ2n) is 5.58. The molecule has 98 valence electrons. The van der Waals surface area contributed by atoms with Crippen LogP contribution in [0.15, 0.2) is 0 Å². The Hall–Kier alpha value is -1.06. The molecule has 0 heterocycles. The Morgan fingerprint density at radius 3 is 2.24 bits per heavy atom. The van der Waals surface area contributed by atoms with Crippen molar-refractivity contribution in [2.24, 2.45) is 17.3 Å². The van der Waals surface area contributed by atoms with Gasteiger partial charge >= 0.3 is 5.97 Å². The number of amides is 1. The standard InChI is InChI=1S/C13H23NO3/c1-5-6-7-8-14(4)11(15)9-10(12(16)17)13(9,2)3/h9-10H,5-8H2,1-4H3,(H,16,17). The quantitative estimate of drug-likeness (QED) is 0.723. The van der Waals surface area contributed by atoms with Crippen molar-refractivity contribution < 1.29 is 14.7 Å². The maximum absolute atomic E-state index is 12.1. The van der Waals surface area contributed by atoms with Crippen LogP contribution in [0, 0.1) is 17.3 Å². The fourth-order valence-electron chi connectivity index (χ4n) is 2.51. The summed E-state index contributed by atoms with van der Waals surface area (Å²) in [6.45, 7) is 6.56. The number of nitrogens with zero attached hydrogens (tertiary/aromatic N) is 1. The predicted octanol–water partition coefficient (Wildman–Crippen LogP) is 1.99. The summed E-state index contributed by atoms with van der Waals surface area (Å²) in [6, 6.07) is 0. The van der Waals surface area contributed by atoms with Crippen LogP contribution in [0.2, 0.25) is 0 Å². The van der Waals surface area contributed by atoms with Crippen LogP contribution >= 0.6 is 0 Å². The Morgan fingerprint density at radius 1 is 1.24 bits per heavy atom. The van der Waals surface area contributed by atoms with Gasteiger partial charge in [-0.05, 0) is 11.8 Å². The zero-order valence-electron chi connectivity index (χ0n) is 11.2. The molecule has 1 saturated carbocycles. The van der Waals surface area contributed by atoms with Gasteiger partial charge in [0.1, 0.15) is 0 Å². The lowest BCUT2D eigenvalue weighted by molar-refractivity contribution is -0.141. The van der Waals surface area contributed by atoms with Gasteiger partial charge in [-0.3, -0.25) is 9.59 Å². The van der Waals surface area contributed by atoms with Gasteiger partial charge in [-0.1, -0.05) is 33.6 Å². The minimum absolute atomic E-state index is 0.0153. The van der Waals surface area contributed by atoms with Crippen LogP contribution < -0.4 is 0 Å². The molecule has 1 amide bonds. The van der Waals surface area contributed by atoms with Gasteiger partial charge in [-0.25, -0.2) is 0 Å². The van der Waals surface area contributed by atoms with Crippen LogP contribution in [0.1, 0.15) is 40.0 Å². The van der Waals surface area contributed by atoms with E-state index in [1.54, 1.807) is 11.9 Å². The van der Waals surface area contributed by atoms with Crippen molar-refractivity contribution in [3.63, 3.8) is 0 Å². The molecule has 0 aliphatic heterocycles. The number of hydrogen-bond donors (Lipinski definition) is 1. The molecular weight excluding hydrogens is 218 g/mol. The average Bonchev–Trinajstić information content (AvgIpc) is 2.80. The van der Waals surface area contributed by atoms with Crippen molar-refractivity contribution in [1.82, 2.24) is 4.90 Å². The normalized spacial score (nSPS) is 25.4. The third-order valence-corrected chi connectivity index (χ3v) is 3.83. The number of unbranched alkanes of at least 4 members (excludes halogenated alkanes) is 2. The van der Waals surface area contributed by atoms with Crippen LogP contribution in [-0.4, -0.2) is 35.5 Å². The number of carbonyl (C=O) groups is 2. The fourth-order valence-corrected chi connectivity index (χ4v) is 2.51. The fraction of sp³-hybridized carbons (Fsp3) is 0.846. The molecule has 1 aliphatic carbocycles. The maximum atomic E-state index is 12.1. The van der Waals surface area contributed by atoms with Crippen LogP contribution in [-0.2, 0) is 9.59 Å². The Balaban J connectivity index is 2.51. The van der Waals surface area contributed by atoms with Gasteiger partial charge in [0, 0.05) is 13.6 Å². The highest BCUT2D eigenvalue weighted by Crippen LogP contribution is 2.58. The largest absolute Gasteiger partial charge is 0.481 e. The van der Waals surface area contributed by atoms with E-state index in [1.807, 2.05) is 13.8 Å². The predicted molar refractivity (Wildman–Crippen MR) is 65.6 cm³/mol. The third-order valence-electron chi connectivity index (χ3n) is 3.83. The Morgan fingerprint density at radius 2 is 1.82 bits per heavy atom. The van der Waals surface area contributed by atoms with Crippen molar-refractivity contribution in [2.45, 2.75) is 40.0 Å². The summed E-state index contributed by atoms with van der Waals surface area (Å²) >= 11 is 0. The SMILES string of the molecule is CCCCCN(C)C(=O)C1C(C(=O)O)C1(C)C. The Kier molecular flexibility index (Phi) is 4.17. The second kappa shape index (κ2) is 5.07. The van der Waals surface area contributed by atoms with Crippen molar-refractivity contribution in [1.29, 1.82) is 0 Å². The topological polar surface area (TPSA) is 57.6 Å². The zero-order valence-corrected chi connectivity index (χ0v) is 11.2. The molecule has 0 saturated heterocycles. The molecule has 4 heteroatoms. The molecule has 1 aliphatic rings.